The van der Waals surface area contributed by atoms with E-state index >= 15 is 0 Å². The van der Waals surface area contributed by atoms with Crippen molar-refractivity contribution in [1.82, 2.24) is 5.32 Å². The van der Waals surface area contributed by atoms with E-state index in [0.717, 1.165) is 0 Å². The first-order chi connectivity index (χ1) is 6.11. The minimum atomic E-state index is -0.734. The van der Waals surface area contributed by atoms with Crippen molar-refractivity contribution in [3.8, 4) is 0 Å². The Morgan fingerprint density at radius 2 is 2.23 bits per heavy atom. The Hall–Kier alpha value is -0.260. The number of aliphatic hydroxyl groups excluding tert-OH is 2. The van der Waals surface area contributed by atoms with Gasteiger partial charge in [-0.25, -0.2) is 0 Å². The minimum absolute atomic E-state index is 0.0300. The lowest BCUT2D eigenvalue weighted by Crippen LogP contribution is -2.31. The lowest BCUT2D eigenvalue weighted by molar-refractivity contribution is -0.120. The van der Waals surface area contributed by atoms with Crippen LogP contribution in [0.4, 0.5) is 0 Å². The number of thioether (sulfide) groups is 1. The first-order valence-corrected chi connectivity index (χ1v) is 5.34. The lowest BCUT2D eigenvalue weighted by atomic mass is 10.4. The van der Waals surface area contributed by atoms with Crippen LogP contribution in [0.15, 0.2) is 0 Å². The highest BCUT2D eigenvalue weighted by Crippen LogP contribution is 2.11. The number of carbonyl (C=O) groups excluding carboxylic acids is 1. The van der Waals surface area contributed by atoms with Gasteiger partial charge in [-0.1, -0.05) is 0 Å². The van der Waals surface area contributed by atoms with Crippen LogP contribution in [-0.4, -0.2) is 46.4 Å². The molecule has 0 fully saturated rings. The van der Waals surface area contributed by atoms with Crippen molar-refractivity contribution in [2.75, 3.05) is 18.9 Å². The molecule has 0 radical (unpaired) electrons. The summed E-state index contributed by atoms with van der Waals surface area (Å²) in [5.41, 5.74) is 0. The first-order valence-electron chi connectivity index (χ1n) is 4.30. The molecule has 0 bridgehead atoms. The van der Waals surface area contributed by atoms with Gasteiger partial charge in [0.25, 0.3) is 0 Å². The van der Waals surface area contributed by atoms with Gasteiger partial charge in [-0.3, -0.25) is 4.79 Å². The maximum Gasteiger partial charge on any atom is 0.232 e. The number of nitrogens with one attached hydrogen (secondary N) is 1. The number of carbonyl (C=O) groups is 1. The van der Waals surface area contributed by atoms with Crippen LogP contribution in [-0.2, 0) is 4.79 Å². The van der Waals surface area contributed by atoms with Gasteiger partial charge in [0, 0.05) is 12.3 Å². The Labute approximate surface area is 82.7 Å². The van der Waals surface area contributed by atoms with Gasteiger partial charge in [0.15, 0.2) is 0 Å². The Bertz CT molecular complexity index is 154. The molecule has 5 heteroatoms. The van der Waals surface area contributed by atoms with Crippen LogP contribution in [0.25, 0.3) is 0 Å². The topological polar surface area (TPSA) is 69.6 Å². The molecule has 4 nitrogen and oxygen atoms in total. The molecule has 13 heavy (non-hydrogen) atoms. The van der Waals surface area contributed by atoms with E-state index in [-0.39, 0.29) is 17.8 Å². The fraction of sp³-hybridized carbons (Fsp3) is 0.875. The second-order valence-electron chi connectivity index (χ2n) is 2.71. The van der Waals surface area contributed by atoms with Crippen molar-refractivity contribution in [1.29, 1.82) is 0 Å². The lowest BCUT2D eigenvalue weighted by Gasteiger charge is -2.12. The molecule has 0 heterocycles. The van der Waals surface area contributed by atoms with E-state index in [1.165, 1.54) is 11.8 Å². The Morgan fingerprint density at radius 3 is 2.69 bits per heavy atom. The van der Waals surface area contributed by atoms with Crippen LogP contribution in [0.5, 0.6) is 0 Å². The summed E-state index contributed by atoms with van der Waals surface area (Å²) in [6.07, 6.45) is -0.734. The number of rotatable bonds is 6. The van der Waals surface area contributed by atoms with Crippen molar-refractivity contribution in [3.05, 3.63) is 0 Å². The highest BCUT2D eigenvalue weighted by molar-refractivity contribution is 8.00. The summed E-state index contributed by atoms with van der Waals surface area (Å²) in [4.78, 5) is 11.2. The van der Waals surface area contributed by atoms with Crippen LogP contribution >= 0.6 is 11.8 Å². The zero-order valence-corrected chi connectivity index (χ0v) is 8.80. The third-order valence-electron chi connectivity index (χ3n) is 1.47. The van der Waals surface area contributed by atoms with E-state index in [1.54, 1.807) is 6.92 Å². The molecular formula is C8H17NO3S. The highest BCUT2D eigenvalue weighted by Gasteiger charge is 2.13. The van der Waals surface area contributed by atoms with Gasteiger partial charge in [-0.15, -0.1) is 11.8 Å². The molecule has 3 N–H and O–H groups in total. The standard InChI is InChI=1S/C8H17NO3S/c1-3-9-8(12)6(2)13-5-7(11)4-10/h6-7,10-11H,3-5H2,1-2H3,(H,9,12). The third kappa shape index (κ3) is 5.90. The molecule has 0 aromatic heterocycles. The Kier molecular flexibility index (Phi) is 7.03. The van der Waals surface area contributed by atoms with Gasteiger partial charge in [-0.2, -0.15) is 0 Å². The molecule has 0 spiro atoms. The monoisotopic (exact) mass is 207 g/mol. The number of hydrogen-bond acceptors (Lipinski definition) is 4. The fourth-order valence-corrected chi connectivity index (χ4v) is 1.55. The molecule has 0 aliphatic rings. The van der Waals surface area contributed by atoms with E-state index in [4.69, 9.17) is 10.2 Å². The molecule has 0 aliphatic heterocycles. The normalized spacial score (nSPS) is 15.1. The van der Waals surface area contributed by atoms with E-state index in [0.29, 0.717) is 12.3 Å². The van der Waals surface area contributed by atoms with Gasteiger partial charge in [0.05, 0.1) is 18.0 Å². The number of aliphatic hydroxyl groups is 2. The molecule has 1 amide bonds. The Balaban J connectivity index is 3.60. The zero-order valence-electron chi connectivity index (χ0n) is 7.99. The predicted molar refractivity (Wildman–Crippen MR) is 53.7 cm³/mol. The molecule has 2 atom stereocenters. The third-order valence-corrected chi connectivity index (χ3v) is 2.76. The van der Waals surface area contributed by atoms with E-state index in [9.17, 15) is 4.79 Å². The van der Waals surface area contributed by atoms with Gasteiger partial charge in [0.1, 0.15) is 0 Å². The summed E-state index contributed by atoms with van der Waals surface area (Å²) in [5, 5.41) is 20.0. The quantitative estimate of drug-likeness (QED) is 0.554. The predicted octanol–water partition coefficient (Wildman–Crippen LogP) is -0.403. The van der Waals surface area contributed by atoms with Crippen molar-refractivity contribution in [3.63, 3.8) is 0 Å². The average molecular weight is 207 g/mol. The van der Waals surface area contributed by atoms with Crippen LogP contribution in [0, 0.1) is 0 Å². The molecule has 0 aromatic carbocycles. The summed E-state index contributed by atoms with van der Waals surface area (Å²) < 4.78 is 0. The summed E-state index contributed by atoms with van der Waals surface area (Å²) in [7, 11) is 0. The van der Waals surface area contributed by atoms with Crippen LogP contribution in [0.3, 0.4) is 0 Å². The average Bonchev–Trinajstić information content (AvgIpc) is 2.13. The zero-order chi connectivity index (χ0) is 10.3. The molecule has 0 aliphatic carbocycles. The molecule has 78 valence electrons. The smallest absolute Gasteiger partial charge is 0.232 e. The van der Waals surface area contributed by atoms with Crippen molar-refractivity contribution >= 4 is 17.7 Å². The summed E-state index contributed by atoms with van der Waals surface area (Å²) >= 11 is 1.34. The minimum Gasteiger partial charge on any atom is -0.394 e. The van der Waals surface area contributed by atoms with Crippen molar-refractivity contribution < 1.29 is 15.0 Å². The van der Waals surface area contributed by atoms with Gasteiger partial charge >= 0.3 is 0 Å². The van der Waals surface area contributed by atoms with Gasteiger partial charge in [0.2, 0.25) is 5.91 Å². The van der Waals surface area contributed by atoms with Crippen molar-refractivity contribution in [2.45, 2.75) is 25.2 Å². The Morgan fingerprint density at radius 1 is 1.62 bits per heavy atom. The number of hydrogen-bond donors (Lipinski definition) is 3. The van der Waals surface area contributed by atoms with Gasteiger partial charge in [-0.05, 0) is 13.8 Å². The molecule has 0 saturated carbocycles. The number of amides is 1. The second kappa shape index (κ2) is 7.17. The van der Waals surface area contributed by atoms with Crippen molar-refractivity contribution in [2.24, 2.45) is 0 Å². The molecule has 0 saturated heterocycles. The van der Waals surface area contributed by atoms with E-state index in [2.05, 4.69) is 5.32 Å². The maximum atomic E-state index is 11.2. The van der Waals surface area contributed by atoms with Crippen LogP contribution in [0.2, 0.25) is 0 Å². The molecule has 0 rings (SSSR count). The SMILES string of the molecule is CCNC(=O)C(C)SCC(O)CO. The molecular weight excluding hydrogens is 190 g/mol. The molecule has 2 unspecified atom stereocenters. The van der Waals surface area contributed by atoms with Crippen LogP contribution < -0.4 is 5.32 Å². The second-order valence-corrected chi connectivity index (χ2v) is 4.08. The summed E-state index contributed by atoms with van der Waals surface area (Å²) in [5.74, 6) is 0.354. The molecule has 0 aromatic rings. The largest absolute Gasteiger partial charge is 0.394 e. The fourth-order valence-electron chi connectivity index (χ4n) is 0.702. The first kappa shape index (κ1) is 12.7. The summed E-state index contributed by atoms with van der Waals surface area (Å²) in [6.45, 7) is 4.00. The van der Waals surface area contributed by atoms with Gasteiger partial charge < -0.3 is 15.5 Å². The van der Waals surface area contributed by atoms with Crippen LogP contribution in [0.1, 0.15) is 13.8 Å². The summed E-state index contributed by atoms with van der Waals surface area (Å²) in [6, 6.07) is 0. The highest BCUT2D eigenvalue weighted by atomic mass is 32.2. The van der Waals surface area contributed by atoms with E-state index in [1.807, 2.05) is 6.92 Å². The maximum absolute atomic E-state index is 11.2. The van der Waals surface area contributed by atoms with E-state index < -0.39 is 6.10 Å².